The Labute approximate surface area is 528 Å². The second-order valence-corrected chi connectivity index (χ2v) is 23.6. The third-order valence-corrected chi connectivity index (χ3v) is 18.6. The first kappa shape index (κ1) is 51.5. The van der Waals surface area contributed by atoms with Gasteiger partial charge in [0.05, 0.1) is 84.1 Å². The minimum atomic E-state index is 0.698. The van der Waals surface area contributed by atoms with Crippen LogP contribution in [0.3, 0.4) is 0 Å². The molecule has 8 heteroatoms. The first-order valence-electron chi connectivity index (χ1n) is 31.2. The van der Waals surface area contributed by atoms with Gasteiger partial charge in [-0.2, -0.15) is 0 Å². The van der Waals surface area contributed by atoms with Crippen LogP contribution in [0.4, 0.5) is 0 Å². The van der Waals surface area contributed by atoms with Crippen molar-refractivity contribution in [1.82, 2.24) is 27.8 Å². The zero-order valence-corrected chi connectivity index (χ0v) is 49.6. The molecule has 0 aliphatic rings. The molecule has 6 heterocycles. The molecular weight excluding hydrogens is 1120 g/mol. The lowest BCUT2D eigenvalue weighted by Crippen LogP contribution is -2.30. The molecule has 19 aromatic rings. The van der Waals surface area contributed by atoms with Gasteiger partial charge in [0.25, 0.3) is 6.33 Å². The average molecular weight is 1180 g/mol. The second kappa shape index (κ2) is 20.5. The highest BCUT2D eigenvalue weighted by molar-refractivity contribution is 6.17. The molecule has 13 aromatic carbocycles. The number of ether oxygens (including phenoxy) is 1. The summed E-state index contributed by atoms with van der Waals surface area (Å²) in [5, 5.41) is 9.41. The molecule has 6 aromatic heterocycles. The van der Waals surface area contributed by atoms with Gasteiger partial charge in [0.2, 0.25) is 0 Å². The van der Waals surface area contributed by atoms with Crippen molar-refractivity contribution in [2.24, 2.45) is 0 Å². The summed E-state index contributed by atoms with van der Waals surface area (Å²) in [6.45, 7) is 0. The summed E-state index contributed by atoms with van der Waals surface area (Å²) in [5.74, 6) is 2.18. The zero-order valence-electron chi connectivity index (χ0n) is 49.6. The number of aromatic nitrogens is 7. The lowest BCUT2D eigenvalue weighted by Gasteiger charge is -2.15. The summed E-state index contributed by atoms with van der Waals surface area (Å²) < 4.78 is 20.8. The minimum Gasteiger partial charge on any atom is -0.458 e. The van der Waals surface area contributed by atoms with Crippen LogP contribution in [-0.4, -0.2) is 27.8 Å². The van der Waals surface area contributed by atoms with Crippen molar-refractivity contribution in [3.8, 4) is 68.0 Å². The molecule has 8 nitrogen and oxygen atoms in total. The van der Waals surface area contributed by atoms with Crippen LogP contribution in [-0.2, 0) is 0 Å². The Hall–Kier alpha value is -12.5. The highest BCUT2D eigenvalue weighted by Crippen LogP contribution is 2.44. The number of benzene rings is 13. The van der Waals surface area contributed by atoms with Crippen molar-refractivity contribution < 1.29 is 9.30 Å². The predicted octanol–water partition coefficient (Wildman–Crippen LogP) is 20.6. The van der Waals surface area contributed by atoms with Gasteiger partial charge in [0, 0.05) is 60.4 Å². The fourth-order valence-electron chi connectivity index (χ4n) is 14.6. The van der Waals surface area contributed by atoms with Gasteiger partial charge in [0.15, 0.2) is 0 Å². The number of rotatable bonds is 10. The highest BCUT2D eigenvalue weighted by Gasteiger charge is 2.24. The van der Waals surface area contributed by atoms with E-state index in [-0.39, 0.29) is 0 Å². The molecule has 0 atom stereocenters. The Balaban J connectivity index is 0.772. The summed E-state index contributed by atoms with van der Waals surface area (Å²) in [7, 11) is 0. The van der Waals surface area contributed by atoms with E-state index in [0.717, 1.165) is 111 Å². The number of fused-ring (bicyclic) bond motifs is 13. The predicted molar refractivity (Wildman–Crippen MR) is 376 cm³/mol. The van der Waals surface area contributed by atoms with E-state index < -0.39 is 0 Å². The van der Waals surface area contributed by atoms with Crippen molar-refractivity contribution >= 4 is 98.3 Å². The van der Waals surface area contributed by atoms with Gasteiger partial charge in [-0.1, -0.05) is 206 Å². The van der Waals surface area contributed by atoms with Crippen molar-refractivity contribution in [2.75, 3.05) is 0 Å². The molecule has 19 rings (SSSR count). The van der Waals surface area contributed by atoms with E-state index in [0.29, 0.717) is 11.5 Å². The van der Waals surface area contributed by atoms with Crippen LogP contribution in [0.15, 0.2) is 322 Å². The SMILES string of the molecule is [c-]1n(-c2cccc(Oc3ccc4c5cc(-c6cccc7c8ccccc8n(-c8ccccc8)c67)ccc5n(-c5ccc(-n6c7ccccc7c7cccc(-n8c9ccccc9c9ccccc98)c76)cn5)c4c3)c2)c2ccccc2[n+]1-c1ccccc1-c1ccccc1. The summed E-state index contributed by atoms with van der Waals surface area (Å²) in [6.07, 6.45) is 5.79. The van der Waals surface area contributed by atoms with Gasteiger partial charge >= 0.3 is 0 Å². The molecule has 0 aliphatic heterocycles. The summed E-state index contributed by atoms with van der Waals surface area (Å²) in [4.78, 5) is 5.49. The monoisotopic (exact) mass is 1180 g/mol. The van der Waals surface area contributed by atoms with Gasteiger partial charge in [0.1, 0.15) is 17.3 Å². The number of pyridine rings is 1. The van der Waals surface area contributed by atoms with Gasteiger partial charge in [-0.05, 0) is 120 Å². The van der Waals surface area contributed by atoms with Gasteiger partial charge in [-0.25, -0.2) is 4.98 Å². The molecular formula is C84H53N7O. The van der Waals surface area contributed by atoms with Crippen LogP contribution in [0.1, 0.15) is 0 Å². The standard InChI is InChI=1S/C84H53N7O/c1-3-22-55(23-4-1)62-28-7-12-36-72(62)87-54-86(78-41-17-18-42-79(78)87)58-26-19-27-60(51-58)92-61-46-47-68-71-50-56(63-33-20-34-69-66-31-10-13-37-73(66)88(83(63)69)57-24-5-2-6-25-57)44-48-77(71)91(81(68)52-61)82-49-45-59(53-85-82)89-74-38-14-11-32-67(74)70-35-21-43-80(84(70)89)90-75-39-15-8-29-64(75)65-30-9-16-40-76(65)90/h1-53H. The van der Waals surface area contributed by atoms with Crippen LogP contribution >= 0.6 is 0 Å². The van der Waals surface area contributed by atoms with E-state index in [1.165, 1.54) is 43.4 Å². The van der Waals surface area contributed by atoms with E-state index in [1.807, 2.05) is 12.3 Å². The lowest BCUT2D eigenvalue weighted by molar-refractivity contribution is -0.571. The van der Waals surface area contributed by atoms with Crippen molar-refractivity contribution in [3.63, 3.8) is 0 Å². The topological polar surface area (TPSA) is 50.6 Å². The molecule has 0 unspecified atom stereocenters. The Kier molecular flexibility index (Phi) is 11.5. The normalized spacial score (nSPS) is 11.9. The van der Waals surface area contributed by atoms with E-state index in [1.54, 1.807) is 0 Å². The quantitative estimate of drug-likeness (QED) is 0.101. The maximum Gasteiger partial charge on any atom is 0.269 e. The minimum absolute atomic E-state index is 0.698. The third kappa shape index (κ3) is 7.90. The fourth-order valence-corrected chi connectivity index (χ4v) is 14.6. The molecule has 0 saturated heterocycles. The molecule has 0 fully saturated rings. The molecule has 0 amide bonds. The van der Waals surface area contributed by atoms with Crippen LogP contribution in [0.2, 0.25) is 0 Å². The Morgan fingerprint density at radius 2 is 0.848 bits per heavy atom. The fraction of sp³-hybridized carbons (Fsp3) is 0. The largest absolute Gasteiger partial charge is 0.458 e. The number of hydrogen-bond donors (Lipinski definition) is 0. The van der Waals surface area contributed by atoms with E-state index >= 15 is 0 Å². The van der Waals surface area contributed by atoms with Gasteiger partial charge < -0.3 is 18.4 Å². The maximum atomic E-state index is 7.01. The molecule has 92 heavy (non-hydrogen) atoms. The highest BCUT2D eigenvalue weighted by atomic mass is 16.5. The number of nitrogens with zero attached hydrogens (tertiary/aromatic N) is 7. The summed E-state index contributed by atoms with van der Waals surface area (Å²) in [5.41, 5.74) is 20.6. The Morgan fingerprint density at radius 1 is 0.304 bits per heavy atom. The van der Waals surface area contributed by atoms with Gasteiger partial charge in [-0.3, -0.25) is 13.7 Å². The maximum absolute atomic E-state index is 7.01. The summed E-state index contributed by atoms with van der Waals surface area (Å²) in [6, 6.07) is 113. The van der Waals surface area contributed by atoms with E-state index in [2.05, 4.69) is 343 Å². The molecule has 0 spiro atoms. The lowest BCUT2D eigenvalue weighted by atomic mass is 10.00. The molecule has 0 saturated carbocycles. The number of hydrogen-bond acceptors (Lipinski definition) is 2. The van der Waals surface area contributed by atoms with E-state index in [9.17, 15) is 0 Å². The third-order valence-electron chi connectivity index (χ3n) is 18.6. The van der Waals surface area contributed by atoms with E-state index in [4.69, 9.17) is 9.72 Å². The van der Waals surface area contributed by atoms with Crippen LogP contribution < -0.4 is 9.30 Å². The number of para-hydroxylation sites is 10. The molecule has 430 valence electrons. The molecule has 0 bridgehead atoms. The number of imidazole rings is 1. The molecule has 0 radical (unpaired) electrons. The second-order valence-electron chi connectivity index (χ2n) is 23.6. The first-order valence-corrected chi connectivity index (χ1v) is 31.2. The Bertz CT molecular complexity index is 6110. The average Bonchev–Trinajstić information content (AvgIpc) is 1.59. The smallest absolute Gasteiger partial charge is 0.269 e. The van der Waals surface area contributed by atoms with Crippen LogP contribution in [0, 0.1) is 6.33 Å². The molecule has 0 aliphatic carbocycles. The van der Waals surface area contributed by atoms with Gasteiger partial charge in [-0.15, -0.1) is 0 Å². The first-order chi connectivity index (χ1) is 45.7. The van der Waals surface area contributed by atoms with Crippen molar-refractivity contribution in [1.29, 1.82) is 0 Å². The zero-order chi connectivity index (χ0) is 60.4. The van der Waals surface area contributed by atoms with Crippen molar-refractivity contribution in [2.45, 2.75) is 0 Å². The van der Waals surface area contributed by atoms with Crippen LogP contribution in [0.25, 0.3) is 155 Å². The Morgan fingerprint density at radius 3 is 1.58 bits per heavy atom. The van der Waals surface area contributed by atoms with Crippen molar-refractivity contribution in [3.05, 3.63) is 328 Å². The molecule has 0 N–H and O–H groups in total. The van der Waals surface area contributed by atoms with Crippen LogP contribution in [0.5, 0.6) is 11.5 Å². The summed E-state index contributed by atoms with van der Waals surface area (Å²) >= 11 is 0.